The first-order chi connectivity index (χ1) is 4.50. The number of alkyl halides is 3. The van der Waals surface area contributed by atoms with Gasteiger partial charge in [0.05, 0.1) is 0 Å². The minimum atomic E-state index is -4.05. The Hall–Kier alpha value is -0.250. The molecule has 4 heteroatoms. The van der Waals surface area contributed by atoms with Gasteiger partial charge in [-0.25, -0.2) is 0 Å². The zero-order valence-electron chi connectivity index (χ0n) is 5.70. The van der Waals surface area contributed by atoms with Crippen LogP contribution in [-0.4, -0.2) is 18.8 Å². The maximum absolute atomic E-state index is 11.9. The van der Waals surface area contributed by atoms with E-state index in [4.69, 9.17) is 0 Å². The van der Waals surface area contributed by atoms with Crippen molar-refractivity contribution in [3.8, 4) is 0 Å². The summed E-state index contributed by atoms with van der Waals surface area (Å²) >= 11 is 0. The van der Waals surface area contributed by atoms with Crippen LogP contribution in [0.1, 0.15) is 13.3 Å². The lowest BCUT2D eigenvalue weighted by atomic mass is 10.1. The summed E-state index contributed by atoms with van der Waals surface area (Å²) in [7, 11) is 0. The molecule has 0 aliphatic carbocycles. The lowest BCUT2D eigenvalue weighted by Crippen LogP contribution is -2.36. The van der Waals surface area contributed by atoms with Crippen molar-refractivity contribution in [1.29, 1.82) is 0 Å². The molecule has 1 aliphatic heterocycles. The fourth-order valence-electron chi connectivity index (χ4n) is 1.16. The van der Waals surface area contributed by atoms with Crippen LogP contribution in [0.5, 0.6) is 0 Å². The maximum Gasteiger partial charge on any atom is 0.403 e. The van der Waals surface area contributed by atoms with Gasteiger partial charge in [0, 0.05) is 0 Å². The van der Waals surface area contributed by atoms with E-state index >= 15 is 0 Å². The molecular weight excluding hydrogens is 143 g/mol. The van der Waals surface area contributed by atoms with Crippen molar-refractivity contribution in [1.82, 2.24) is 5.32 Å². The summed E-state index contributed by atoms with van der Waals surface area (Å²) in [4.78, 5) is 0. The fraction of sp³-hybridized carbons (Fsp3) is 1.00. The molecule has 0 saturated carbocycles. The normalized spacial score (nSPS) is 34.8. The van der Waals surface area contributed by atoms with Gasteiger partial charge in [-0.05, 0) is 18.9 Å². The largest absolute Gasteiger partial charge is 0.403 e. The Balaban J connectivity index is 2.45. The summed E-state index contributed by atoms with van der Waals surface area (Å²) in [5.41, 5.74) is 0. The van der Waals surface area contributed by atoms with Gasteiger partial charge in [0.25, 0.3) is 0 Å². The standard InChI is InChI=1S/C6H10F3N/c1-4-2-5(10-3-4)6(7,8)9/h4-5,10H,2-3H2,1H3. The Labute approximate surface area is 57.6 Å². The van der Waals surface area contributed by atoms with Crippen molar-refractivity contribution >= 4 is 0 Å². The van der Waals surface area contributed by atoms with Crippen LogP contribution in [0.3, 0.4) is 0 Å². The molecule has 1 saturated heterocycles. The average molecular weight is 153 g/mol. The number of rotatable bonds is 0. The highest BCUT2D eigenvalue weighted by atomic mass is 19.4. The van der Waals surface area contributed by atoms with E-state index in [0.717, 1.165) is 0 Å². The molecule has 10 heavy (non-hydrogen) atoms. The summed E-state index contributed by atoms with van der Waals surface area (Å²) in [5, 5.41) is 2.42. The predicted octanol–water partition coefficient (Wildman–Crippen LogP) is 1.55. The second-order valence-electron chi connectivity index (χ2n) is 2.84. The third kappa shape index (κ3) is 1.62. The Morgan fingerprint density at radius 2 is 2.00 bits per heavy atom. The molecule has 1 rings (SSSR count). The van der Waals surface area contributed by atoms with Crippen molar-refractivity contribution in [3.63, 3.8) is 0 Å². The molecule has 60 valence electrons. The smallest absolute Gasteiger partial charge is 0.306 e. The van der Waals surface area contributed by atoms with E-state index in [9.17, 15) is 13.2 Å². The predicted molar refractivity (Wildman–Crippen MR) is 31.6 cm³/mol. The SMILES string of the molecule is CC1CNC(C(F)(F)F)C1. The molecule has 0 aromatic carbocycles. The van der Waals surface area contributed by atoms with E-state index in [1.54, 1.807) is 0 Å². The third-order valence-electron chi connectivity index (χ3n) is 1.75. The van der Waals surface area contributed by atoms with Crippen molar-refractivity contribution in [2.45, 2.75) is 25.6 Å². The number of nitrogens with one attached hydrogen (secondary N) is 1. The molecule has 1 fully saturated rings. The van der Waals surface area contributed by atoms with Gasteiger partial charge < -0.3 is 5.32 Å². The number of hydrogen-bond donors (Lipinski definition) is 1. The average Bonchev–Trinajstić information content (AvgIpc) is 2.11. The summed E-state index contributed by atoms with van der Waals surface area (Å²) < 4.78 is 35.6. The van der Waals surface area contributed by atoms with E-state index in [0.29, 0.717) is 6.54 Å². The first kappa shape index (κ1) is 7.85. The molecule has 0 radical (unpaired) electrons. The lowest BCUT2D eigenvalue weighted by molar-refractivity contribution is -0.152. The van der Waals surface area contributed by atoms with E-state index in [1.807, 2.05) is 6.92 Å². The van der Waals surface area contributed by atoms with Gasteiger partial charge in [0.2, 0.25) is 0 Å². The molecule has 2 atom stereocenters. The summed E-state index contributed by atoms with van der Waals surface area (Å²) in [6, 6.07) is -1.26. The van der Waals surface area contributed by atoms with Crippen molar-refractivity contribution in [2.75, 3.05) is 6.54 Å². The highest BCUT2D eigenvalue weighted by molar-refractivity contribution is 4.84. The molecule has 1 nitrogen and oxygen atoms in total. The van der Waals surface area contributed by atoms with Crippen molar-refractivity contribution in [2.24, 2.45) is 5.92 Å². The van der Waals surface area contributed by atoms with Gasteiger partial charge in [-0.1, -0.05) is 6.92 Å². The van der Waals surface area contributed by atoms with Gasteiger partial charge in [-0.2, -0.15) is 13.2 Å². The quantitative estimate of drug-likeness (QED) is 0.556. The van der Waals surface area contributed by atoms with E-state index in [2.05, 4.69) is 5.32 Å². The van der Waals surface area contributed by atoms with Crippen LogP contribution in [-0.2, 0) is 0 Å². The van der Waals surface area contributed by atoms with Crippen molar-refractivity contribution in [3.05, 3.63) is 0 Å². The zero-order chi connectivity index (χ0) is 7.78. The van der Waals surface area contributed by atoms with Gasteiger partial charge in [-0.3, -0.25) is 0 Å². The summed E-state index contributed by atoms with van der Waals surface area (Å²) in [6.07, 6.45) is -3.83. The van der Waals surface area contributed by atoms with Crippen LogP contribution >= 0.6 is 0 Å². The van der Waals surface area contributed by atoms with Crippen LogP contribution in [0.25, 0.3) is 0 Å². The van der Waals surface area contributed by atoms with Gasteiger partial charge in [0.15, 0.2) is 0 Å². The summed E-state index contributed by atoms with van der Waals surface area (Å²) in [6.45, 7) is 2.31. The van der Waals surface area contributed by atoms with Crippen LogP contribution in [0, 0.1) is 5.92 Å². The first-order valence-corrected chi connectivity index (χ1v) is 3.30. The Bertz CT molecular complexity index is 121. The highest BCUT2D eigenvalue weighted by Crippen LogP contribution is 2.28. The Morgan fingerprint density at radius 1 is 1.40 bits per heavy atom. The molecule has 1 aliphatic rings. The molecule has 0 aromatic heterocycles. The Morgan fingerprint density at radius 3 is 2.20 bits per heavy atom. The topological polar surface area (TPSA) is 12.0 Å². The molecule has 0 bridgehead atoms. The molecule has 0 amide bonds. The molecular formula is C6H10F3N. The van der Waals surface area contributed by atoms with Crippen LogP contribution in [0.15, 0.2) is 0 Å². The molecule has 2 unspecified atom stereocenters. The molecule has 0 aromatic rings. The Kier molecular flexibility index (Phi) is 1.90. The minimum absolute atomic E-state index is 0.159. The van der Waals surface area contributed by atoms with Crippen molar-refractivity contribution < 1.29 is 13.2 Å². The third-order valence-corrected chi connectivity index (χ3v) is 1.75. The monoisotopic (exact) mass is 153 g/mol. The lowest BCUT2D eigenvalue weighted by Gasteiger charge is -2.13. The van der Waals surface area contributed by atoms with E-state index in [-0.39, 0.29) is 12.3 Å². The van der Waals surface area contributed by atoms with Gasteiger partial charge in [0.1, 0.15) is 6.04 Å². The number of hydrogen-bond acceptors (Lipinski definition) is 1. The summed E-state index contributed by atoms with van der Waals surface area (Å²) in [5.74, 6) is 0.159. The maximum atomic E-state index is 11.9. The van der Waals surface area contributed by atoms with Gasteiger partial charge >= 0.3 is 6.18 Å². The fourth-order valence-corrected chi connectivity index (χ4v) is 1.16. The van der Waals surface area contributed by atoms with Crippen LogP contribution in [0.4, 0.5) is 13.2 Å². The molecule has 0 spiro atoms. The van der Waals surface area contributed by atoms with E-state index in [1.165, 1.54) is 0 Å². The molecule has 1 N–H and O–H groups in total. The van der Waals surface area contributed by atoms with E-state index < -0.39 is 12.2 Å². The second kappa shape index (κ2) is 2.42. The number of halogens is 3. The second-order valence-corrected chi connectivity index (χ2v) is 2.84. The van der Waals surface area contributed by atoms with Crippen LogP contribution < -0.4 is 5.32 Å². The van der Waals surface area contributed by atoms with Gasteiger partial charge in [-0.15, -0.1) is 0 Å². The molecule has 1 heterocycles. The zero-order valence-corrected chi connectivity index (χ0v) is 5.70. The minimum Gasteiger partial charge on any atom is -0.306 e. The first-order valence-electron chi connectivity index (χ1n) is 3.30. The van der Waals surface area contributed by atoms with Crippen LogP contribution in [0.2, 0.25) is 0 Å². The highest BCUT2D eigenvalue weighted by Gasteiger charge is 2.42.